The van der Waals surface area contributed by atoms with Crippen LogP contribution in [0.15, 0.2) is 30.6 Å². The third kappa shape index (κ3) is 3.15. The molecule has 0 unspecified atom stereocenters. The van der Waals surface area contributed by atoms with Crippen molar-refractivity contribution < 1.29 is 9.90 Å². The van der Waals surface area contributed by atoms with Gasteiger partial charge in [0.2, 0.25) is 0 Å². The molecule has 0 atom stereocenters. The molecule has 0 saturated carbocycles. The molecule has 0 spiro atoms. The van der Waals surface area contributed by atoms with Crippen LogP contribution in [0, 0.1) is 6.92 Å². The fourth-order valence-electron chi connectivity index (χ4n) is 2.57. The van der Waals surface area contributed by atoms with E-state index in [-0.39, 0.29) is 11.8 Å². The molecule has 120 valence electrons. The zero-order valence-corrected chi connectivity index (χ0v) is 14.6. The van der Waals surface area contributed by atoms with Crippen molar-refractivity contribution in [3.8, 4) is 11.3 Å². The molecule has 0 saturated heterocycles. The van der Waals surface area contributed by atoms with E-state index in [0.717, 1.165) is 21.1 Å². The van der Waals surface area contributed by atoms with Crippen LogP contribution in [0.4, 0.5) is 0 Å². The minimum absolute atomic E-state index is 0.0435. The molecule has 23 heavy (non-hydrogen) atoms. The summed E-state index contributed by atoms with van der Waals surface area (Å²) in [5, 5.41) is 8.88. The minimum atomic E-state index is -0.816. The number of nitrogens with zero attached hydrogens (tertiary/aromatic N) is 2. The van der Waals surface area contributed by atoms with E-state index in [1.165, 1.54) is 22.5 Å². The second-order valence-electron chi connectivity index (χ2n) is 6.86. The molecule has 2 aromatic heterocycles. The lowest BCUT2D eigenvalue weighted by Gasteiger charge is -2.20. The fraction of sp³-hybridized carbons (Fsp3) is 0.333. The summed E-state index contributed by atoms with van der Waals surface area (Å²) in [6, 6.07) is 6.52. The van der Waals surface area contributed by atoms with Crippen LogP contribution in [0.3, 0.4) is 0 Å². The quantitative estimate of drug-likeness (QED) is 0.780. The fourth-order valence-corrected chi connectivity index (χ4v) is 3.52. The Hall–Kier alpha value is -2.14. The number of hydrogen-bond acceptors (Lipinski definition) is 3. The number of aryl methyl sites for hydroxylation is 1. The normalized spacial score (nSPS) is 12.0. The minimum Gasteiger partial charge on any atom is -0.481 e. The summed E-state index contributed by atoms with van der Waals surface area (Å²) in [4.78, 5) is 17.1. The molecular weight excluding hydrogens is 308 g/mol. The summed E-state index contributed by atoms with van der Waals surface area (Å²) in [6.45, 7) is 8.69. The molecule has 0 aliphatic heterocycles. The van der Waals surface area contributed by atoms with Crippen molar-refractivity contribution in [1.29, 1.82) is 0 Å². The van der Waals surface area contributed by atoms with E-state index in [1.807, 2.05) is 16.8 Å². The van der Waals surface area contributed by atoms with Crippen molar-refractivity contribution in [2.24, 2.45) is 0 Å². The SMILES string of the molecule is Cc1ccc(C(C)(C)C)cc1-c1cn2cc(CC(=O)O)sc2n1. The van der Waals surface area contributed by atoms with Gasteiger partial charge in [-0.1, -0.05) is 32.9 Å². The molecule has 1 aromatic carbocycles. The van der Waals surface area contributed by atoms with Gasteiger partial charge >= 0.3 is 5.97 Å². The monoisotopic (exact) mass is 328 g/mol. The van der Waals surface area contributed by atoms with Gasteiger partial charge in [-0.25, -0.2) is 4.98 Å². The number of rotatable bonds is 3. The average Bonchev–Trinajstić information content (AvgIpc) is 2.94. The van der Waals surface area contributed by atoms with E-state index < -0.39 is 5.97 Å². The molecule has 0 aliphatic rings. The summed E-state index contributed by atoms with van der Waals surface area (Å²) >= 11 is 1.43. The first-order valence-electron chi connectivity index (χ1n) is 7.55. The van der Waals surface area contributed by atoms with Gasteiger partial charge in [-0.15, -0.1) is 11.3 Å². The Morgan fingerprint density at radius 2 is 2.04 bits per heavy atom. The van der Waals surface area contributed by atoms with Gasteiger partial charge in [-0.2, -0.15) is 0 Å². The Labute approximate surface area is 139 Å². The summed E-state index contributed by atoms with van der Waals surface area (Å²) in [5.41, 5.74) is 4.62. The van der Waals surface area contributed by atoms with Crippen LogP contribution < -0.4 is 0 Å². The lowest BCUT2D eigenvalue weighted by atomic mass is 9.85. The maximum absolute atomic E-state index is 10.8. The summed E-state index contributed by atoms with van der Waals surface area (Å²) in [7, 11) is 0. The number of aromatic nitrogens is 2. The molecule has 0 radical (unpaired) electrons. The maximum Gasteiger partial charge on any atom is 0.308 e. The number of imidazole rings is 1. The number of carboxylic acid groups (broad SMARTS) is 1. The summed E-state index contributed by atoms with van der Waals surface area (Å²) < 4.78 is 1.92. The van der Waals surface area contributed by atoms with Crippen molar-refractivity contribution in [3.05, 3.63) is 46.6 Å². The predicted octanol–water partition coefficient (Wildman–Crippen LogP) is 4.30. The van der Waals surface area contributed by atoms with Crippen LogP contribution in [0.2, 0.25) is 0 Å². The topological polar surface area (TPSA) is 54.6 Å². The van der Waals surface area contributed by atoms with Gasteiger partial charge in [0.15, 0.2) is 4.96 Å². The van der Waals surface area contributed by atoms with E-state index in [2.05, 4.69) is 50.9 Å². The van der Waals surface area contributed by atoms with Crippen LogP contribution in [0.25, 0.3) is 16.2 Å². The van der Waals surface area contributed by atoms with E-state index in [4.69, 9.17) is 5.11 Å². The second kappa shape index (κ2) is 5.49. The molecule has 0 aliphatic carbocycles. The maximum atomic E-state index is 10.8. The molecular formula is C18H20N2O2S. The molecule has 0 fully saturated rings. The first-order chi connectivity index (χ1) is 10.7. The van der Waals surface area contributed by atoms with Crippen molar-refractivity contribution >= 4 is 22.3 Å². The Kier molecular flexibility index (Phi) is 3.76. The van der Waals surface area contributed by atoms with Crippen molar-refractivity contribution in [3.63, 3.8) is 0 Å². The average molecular weight is 328 g/mol. The summed E-state index contributed by atoms with van der Waals surface area (Å²) in [5.74, 6) is -0.816. The lowest BCUT2D eigenvalue weighted by Crippen LogP contribution is -2.11. The second-order valence-corrected chi connectivity index (χ2v) is 7.96. The summed E-state index contributed by atoms with van der Waals surface area (Å²) in [6.07, 6.45) is 3.88. The Bertz CT molecular complexity index is 853. The largest absolute Gasteiger partial charge is 0.481 e. The van der Waals surface area contributed by atoms with Crippen LogP contribution in [-0.2, 0) is 16.6 Å². The molecule has 0 bridgehead atoms. The first kappa shape index (κ1) is 15.7. The molecule has 1 N–H and O–H groups in total. The molecule has 3 aromatic rings. The van der Waals surface area contributed by atoms with Gasteiger partial charge in [-0.3, -0.25) is 9.20 Å². The lowest BCUT2D eigenvalue weighted by molar-refractivity contribution is -0.136. The van der Waals surface area contributed by atoms with E-state index in [9.17, 15) is 4.79 Å². The highest BCUT2D eigenvalue weighted by Crippen LogP contribution is 2.31. The highest BCUT2D eigenvalue weighted by atomic mass is 32.1. The van der Waals surface area contributed by atoms with Crippen molar-refractivity contribution in [2.75, 3.05) is 0 Å². The van der Waals surface area contributed by atoms with Crippen LogP contribution >= 0.6 is 11.3 Å². The standard InChI is InChI=1S/C18H20N2O2S/c1-11-5-6-12(18(2,3)4)7-14(11)15-10-20-9-13(8-16(21)22)23-17(20)19-15/h5-7,9-10H,8H2,1-4H3,(H,21,22). The van der Waals surface area contributed by atoms with Gasteiger partial charge < -0.3 is 5.11 Å². The number of carboxylic acids is 1. The first-order valence-corrected chi connectivity index (χ1v) is 8.36. The third-order valence-corrected chi connectivity index (χ3v) is 4.91. The Morgan fingerprint density at radius 3 is 2.65 bits per heavy atom. The van der Waals surface area contributed by atoms with Crippen LogP contribution in [-0.4, -0.2) is 20.5 Å². The smallest absolute Gasteiger partial charge is 0.308 e. The van der Waals surface area contributed by atoms with Crippen LogP contribution in [0.1, 0.15) is 36.8 Å². The zero-order chi connectivity index (χ0) is 16.8. The molecule has 3 rings (SSSR count). The number of thiazole rings is 1. The Morgan fingerprint density at radius 1 is 1.30 bits per heavy atom. The molecule has 5 heteroatoms. The molecule has 2 heterocycles. The number of hydrogen-bond donors (Lipinski definition) is 1. The Balaban J connectivity index is 2.03. The number of aliphatic carboxylic acids is 1. The zero-order valence-electron chi connectivity index (χ0n) is 13.8. The van der Waals surface area contributed by atoms with E-state index in [1.54, 1.807) is 0 Å². The van der Waals surface area contributed by atoms with Gasteiger partial charge in [0.05, 0.1) is 12.1 Å². The predicted molar refractivity (Wildman–Crippen MR) is 93.3 cm³/mol. The molecule has 4 nitrogen and oxygen atoms in total. The van der Waals surface area contributed by atoms with E-state index >= 15 is 0 Å². The highest BCUT2D eigenvalue weighted by molar-refractivity contribution is 7.17. The number of benzene rings is 1. The van der Waals surface area contributed by atoms with Gasteiger partial charge in [0.25, 0.3) is 0 Å². The van der Waals surface area contributed by atoms with Crippen molar-refractivity contribution in [2.45, 2.75) is 39.5 Å². The van der Waals surface area contributed by atoms with Gasteiger partial charge in [0.1, 0.15) is 0 Å². The van der Waals surface area contributed by atoms with Crippen LogP contribution in [0.5, 0.6) is 0 Å². The van der Waals surface area contributed by atoms with Crippen molar-refractivity contribution in [1.82, 2.24) is 9.38 Å². The van der Waals surface area contributed by atoms with E-state index in [0.29, 0.717) is 0 Å². The number of fused-ring (bicyclic) bond motifs is 1. The number of carbonyl (C=O) groups is 1. The third-order valence-electron chi connectivity index (χ3n) is 3.91. The highest BCUT2D eigenvalue weighted by Gasteiger charge is 2.17. The molecule has 0 amide bonds. The van der Waals surface area contributed by atoms with Gasteiger partial charge in [-0.05, 0) is 29.5 Å². The van der Waals surface area contributed by atoms with Gasteiger partial charge in [0, 0.05) is 22.8 Å².